The van der Waals surface area contributed by atoms with Crippen LogP contribution in [-0.2, 0) is 4.74 Å². The number of ether oxygens (including phenoxy) is 1. The molecule has 82 valence electrons. The topological polar surface area (TPSA) is 21.3 Å². The SMILES string of the molecule is CC[C@H]1CCO[C@@H](c2ccc(Cl)cc2)N1. The monoisotopic (exact) mass is 225 g/mol. The van der Waals surface area contributed by atoms with Crippen LogP contribution in [0.15, 0.2) is 24.3 Å². The number of hydrogen-bond acceptors (Lipinski definition) is 2. The predicted octanol–water partition coefficient (Wildman–Crippen LogP) is 3.13. The van der Waals surface area contributed by atoms with E-state index in [1.165, 1.54) is 0 Å². The Hall–Kier alpha value is -0.570. The van der Waals surface area contributed by atoms with E-state index in [2.05, 4.69) is 12.2 Å². The van der Waals surface area contributed by atoms with Crippen molar-refractivity contribution in [1.29, 1.82) is 0 Å². The summed E-state index contributed by atoms with van der Waals surface area (Å²) in [5.74, 6) is 0. The van der Waals surface area contributed by atoms with Gasteiger partial charge in [0.25, 0.3) is 0 Å². The molecule has 0 amide bonds. The lowest BCUT2D eigenvalue weighted by Gasteiger charge is -2.31. The summed E-state index contributed by atoms with van der Waals surface area (Å²) in [6.07, 6.45) is 2.27. The second-order valence-corrected chi connectivity index (χ2v) is 4.30. The molecular formula is C12H16ClNO. The summed E-state index contributed by atoms with van der Waals surface area (Å²) in [4.78, 5) is 0. The molecule has 1 aromatic rings. The van der Waals surface area contributed by atoms with Crippen LogP contribution in [0.25, 0.3) is 0 Å². The van der Waals surface area contributed by atoms with Gasteiger partial charge in [0.15, 0.2) is 0 Å². The lowest BCUT2D eigenvalue weighted by atomic mass is 10.1. The van der Waals surface area contributed by atoms with Crippen LogP contribution in [0.2, 0.25) is 5.02 Å². The second-order valence-electron chi connectivity index (χ2n) is 3.86. The number of hydrogen-bond donors (Lipinski definition) is 1. The van der Waals surface area contributed by atoms with Crippen molar-refractivity contribution in [3.8, 4) is 0 Å². The molecule has 1 saturated heterocycles. The summed E-state index contributed by atoms with van der Waals surface area (Å²) in [7, 11) is 0. The zero-order valence-electron chi connectivity index (χ0n) is 8.87. The van der Waals surface area contributed by atoms with Crippen LogP contribution in [0.4, 0.5) is 0 Å². The third kappa shape index (κ3) is 2.71. The molecule has 0 saturated carbocycles. The van der Waals surface area contributed by atoms with Crippen LogP contribution in [0.1, 0.15) is 31.6 Å². The van der Waals surface area contributed by atoms with E-state index in [1.54, 1.807) is 0 Å². The van der Waals surface area contributed by atoms with Gasteiger partial charge in [-0.2, -0.15) is 0 Å². The Balaban J connectivity index is 2.06. The molecule has 1 aromatic carbocycles. The first-order valence-electron chi connectivity index (χ1n) is 5.42. The van der Waals surface area contributed by atoms with Crippen molar-refractivity contribution >= 4 is 11.6 Å². The van der Waals surface area contributed by atoms with E-state index in [0.717, 1.165) is 30.0 Å². The van der Waals surface area contributed by atoms with Crippen molar-refractivity contribution in [3.05, 3.63) is 34.9 Å². The molecule has 1 N–H and O–H groups in total. The molecule has 2 atom stereocenters. The van der Waals surface area contributed by atoms with E-state index in [-0.39, 0.29) is 6.23 Å². The van der Waals surface area contributed by atoms with E-state index in [0.29, 0.717) is 6.04 Å². The lowest BCUT2D eigenvalue weighted by molar-refractivity contribution is -0.0205. The largest absolute Gasteiger partial charge is 0.359 e. The highest BCUT2D eigenvalue weighted by atomic mass is 35.5. The predicted molar refractivity (Wildman–Crippen MR) is 62.0 cm³/mol. The highest BCUT2D eigenvalue weighted by Gasteiger charge is 2.21. The summed E-state index contributed by atoms with van der Waals surface area (Å²) < 4.78 is 5.68. The summed E-state index contributed by atoms with van der Waals surface area (Å²) in [5, 5.41) is 4.24. The fraction of sp³-hybridized carbons (Fsp3) is 0.500. The highest BCUT2D eigenvalue weighted by Crippen LogP contribution is 2.22. The average molecular weight is 226 g/mol. The minimum Gasteiger partial charge on any atom is -0.359 e. The van der Waals surface area contributed by atoms with E-state index in [1.807, 2.05) is 24.3 Å². The summed E-state index contributed by atoms with van der Waals surface area (Å²) >= 11 is 5.85. The van der Waals surface area contributed by atoms with E-state index < -0.39 is 0 Å². The highest BCUT2D eigenvalue weighted by molar-refractivity contribution is 6.30. The maximum absolute atomic E-state index is 5.85. The molecule has 2 nitrogen and oxygen atoms in total. The van der Waals surface area contributed by atoms with Crippen molar-refractivity contribution in [2.75, 3.05) is 6.61 Å². The van der Waals surface area contributed by atoms with Crippen LogP contribution >= 0.6 is 11.6 Å². The molecule has 1 fully saturated rings. The molecule has 15 heavy (non-hydrogen) atoms. The van der Waals surface area contributed by atoms with Gasteiger partial charge in [0.05, 0.1) is 6.61 Å². The fourth-order valence-electron chi connectivity index (χ4n) is 1.83. The van der Waals surface area contributed by atoms with E-state index in [9.17, 15) is 0 Å². The molecule has 0 bridgehead atoms. The number of nitrogens with one attached hydrogen (secondary N) is 1. The molecule has 1 heterocycles. The molecule has 0 radical (unpaired) electrons. The zero-order chi connectivity index (χ0) is 10.7. The summed E-state index contributed by atoms with van der Waals surface area (Å²) in [5.41, 5.74) is 1.15. The second kappa shape index (κ2) is 4.97. The third-order valence-electron chi connectivity index (χ3n) is 2.80. The molecule has 3 heteroatoms. The van der Waals surface area contributed by atoms with Gasteiger partial charge < -0.3 is 4.74 Å². The summed E-state index contributed by atoms with van der Waals surface area (Å²) in [6, 6.07) is 8.39. The molecule has 0 aromatic heterocycles. The Labute approximate surface area is 95.6 Å². The van der Waals surface area contributed by atoms with Crippen LogP contribution in [0.3, 0.4) is 0 Å². The molecule has 1 aliphatic rings. The molecule has 0 aliphatic carbocycles. The molecule has 0 spiro atoms. The van der Waals surface area contributed by atoms with Crippen molar-refractivity contribution in [2.24, 2.45) is 0 Å². The number of rotatable bonds is 2. The minimum atomic E-state index is 0.0287. The van der Waals surface area contributed by atoms with Gasteiger partial charge in [-0.15, -0.1) is 0 Å². The van der Waals surface area contributed by atoms with Gasteiger partial charge >= 0.3 is 0 Å². The number of halogens is 1. The molecule has 1 aliphatic heterocycles. The Morgan fingerprint density at radius 1 is 1.40 bits per heavy atom. The van der Waals surface area contributed by atoms with Crippen LogP contribution < -0.4 is 5.32 Å². The average Bonchev–Trinajstić information content (AvgIpc) is 2.30. The molecule has 0 unspecified atom stereocenters. The molecular weight excluding hydrogens is 210 g/mol. The van der Waals surface area contributed by atoms with Gasteiger partial charge in [-0.1, -0.05) is 30.7 Å². The zero-order valence-corrected chi connectivity index (χ0v) is 9.63. The lowest BCUT2D eigenvalue weighted by Crippen LogP contribution is -2.39. The Bertz CT molecular complexity index is 312. The van der Waals surface area contributed by atoms with Crippen molar-refractivity contribution in [1.82, 2.24) is 5.32 Å². The Kier molecular flexibility index (Phi) is 3.62. The van der Waals surface area contributed by atoms with Gasteiger partial charge in [0, 0.05) is 11.1 Å². The van der Waals surface area contributed by atoms with Gasteiger partial charge in [0.1, 0.15) is 6.23 Å². The number of benzene rings is 1. The Morgan fingerprint density at radius 3 is 2.80 bits per heavy atom. The van der Waals surface area contributed by atoms with E-state index >= 15 is 0 Å². The fourth-order valence-corrected chi connectivity index (χ4v) is 1.95. The standard InChI is InChI=1S/C12H16ClNO/c1-2-11-7-8-15-12(14-11)9-3-5-10(13)6-4-9/h3-6,11-12,14H,2,7-8H2,1H3/t11-,12-/m0/s1. The van der Waals surface area contributed by atoms with E-state index in [4.69, 9.17) is 16.3 Å². The van der Waals surface area contributed by atoms with Crippen molar-refractivity contribution in [2.45, 2.75) is 32.0 Å². The van der Waals surface area contributed by atoms with Gasteiger partial charge in [-0.05, 0) is 30.5 Å². The first-order chi connectivity index (χ1) is 7.29. The third-order valence-corrected chi connectivity index (χ3v) is 3.06. The van der Waals surface area contributed by atoms with Crippen LogP contribution in [0, 0.1) is 0 Å². The summed E-state index contributed by atoms with van der Waals surface area (Å²) in [6.45, 7) is 3.03. The minimum absolute atomic E-state index is 0.0287. The van der Waals surface area contributed by atoms with Gasteiger partial charge in [0.2, 0.25) is 0 Å². The maximum Gasteiger partial charge on any atom is 0.134 e. The van der Waals surface area contributed by atoms with Crippen LogP contribution in [0.5, 0.6) is 0 Å². The van der Waals surface area contributed by atoms with Crippen molar-refractivity contribution in [3.63, 3.8) is 0 Å². The maximum atomic E-state index is 5.85. The van der Waals surface area contributed by atoms with Gasteiger partial charge in [-0.3, -0.25) is 5.32 Å². The van der Waals surface area contributed by atoms with Gasteiger partial charge in [-0.25, -0.2) is 0 Å². The normalized spacial score (nSPS) is 26.5. The quantitative estimate of drug-likeness (QED) is 0.835. The molecule has 2 rings (SSSR count). The first-order valence-corrected chi connectivity index (χ1v) is 5.80. The first kappa shape index (κ1) is 10.9. The van der Waals surface area contributed by atoms with Crippen LogP contribution in [-0.4, -0.2) is 12.6 Å². The van der Waals surface area contributed by atoms with Crippen molar-refractivity contribution < 1.29 is 4.74 Å². The smallest absolute Gasteiger partial charge is 0.134 e. The Morgan fingerprint density at radius 2 is 2.13 bits per heavy atom.